The van der Waals surface area contributed by atoms with Crippen molar-refractivity contribution < 1.29 is 23.4 Å². The molecule has 0 bridgehead atoms. The molecule has 8 heteroatoms. The Balaban J connectivity index is 1.88. The van der Waals surface area contributed by atoms with Gasteiger partial charge in [-0.15, -0.1) is 0 Å². The highest BCUT2D eigenvalue weighted by molar-refractivity contribution is 6.32. The minimum atomic E-state index is -2.95. The lowest BCUT2D eigenvalue weighted by Gasteiger charge is -2.31. The van der Waals surface area contributed by atoms with E-state index in [2.05, 4.69) is 10.1 Å². The van der Waals surface area contributed by atoms with Crippen molar-refractivity contribution in [3.05, 3.63) is 23.2 Å². The number of amides is 1. The largest absolute Gasteiger partial charge is 0.433 e. The van der Waals surface area contributed by atoms with Gasteiger partial charge in [0.1, 0.15) is 5.75 Å². The number of anilines is 1. The van der Waals surface area contributed by atoms with Gasteiger partial charge in [0, 0.05) is 18.8 Å². The second-order valence-electron chi connectivity index (χ2n) is 5.50. The highest BCUT2D eigenvalue weighted by atomic mass is 35.5. The van der Waals surface area contributed by atoms with Crippen molar-refractivity contribution in [2.75, 3.05) is 31.6 Å². The summed E-state index contributed by atoms with van der Waals surface area (Å²) in [5.74, 6) is -0.152. The SMILES string of the molecule is O=C(CN1CCCC(CO)C1)Nc1ccc(OC(F)F)c(Cl)c1. The third-order valence-corrected chi connectivity index (χ3v) is 3.96. The Labute approximate surface area is 138 Å². The summed E-state index contributed by atoms with van der Waals surface area (Å²) in [5.41, 5.74) is 0.414. The average Bonchev–Trinajstić information content (AvgIpc) is 2.49. The zero-order chi connectivity index (χ0) is 16.8. The van der Waals surface area contributed by atoms with E-state index in [0.717, 1.165) is 19.4 Å². The number of carbonyl (C=O) groups excluding carboxylic acids is 1. The summed E-state index contributed by atoms with van der Waals surface area (Å²) in [6.07, 6.45) is 1.92. The van der Waals surface area contributed by atoms with E-state index in [1.165, 1.54) is 18.2 Å². The van der Waals surface area contributed by atoms with Gasteiger partial charge in [-0.05, 0) is 43.5 Å². The lowest BCUT2D eigenvalue weighted by atomic mass is 9.99. The van der Waals surface area contributed by atoms with E-state index in [-0.39, 0.29) is 35.7 Å². The first kappa shape index (κ1) is 17.9. The minimum absolute atomic E-state index is 0.00131. The van der Waals surface area contributed by atoms with Crippen molar-refractivity contribution in [2.45, 2.75) is 19.5 Å². The molecule has 23 heavy (non-hydrogen) atoms. The number of alkyl halides is 2. The topological polar surface area (TPSA) is 61.8 Å². The van der Waals surface area contributed by atoms with Crippen LogP contribution < -0.4 is 10.1 Å². The fraction of sp³-hybridized carbons (Fsp3) is 0.533. The summed E-state index contributed by atoms with van der Waals surface area (Å²) in [6, 6.07) is 4.10. The van der Waals surface area contributed by atoms with Gasteiger partial charge < -0.3 is 15.2 Å². The lowest BCUT2D eigenvalue weighted by molar-refractivity contribution is -0.117. The van der Waals surface area contributed by atoms with Crippen LogP contribution in [0.1, 0.15) is 12.8 Å². The van der Waals surface area contributed by atoms with E-state index in [1.54, 1.807) is 0 Å². The van der Waals surface area contributed by atoms with E-state index >= 15 is 0 Å². The molecule has 1 saturated heterocycles. The van der Waals surface area contributed by atoms with Crippen LogP contribution in [0.4, 0.5) is 14.5 Å². The molecule has 1 fully saturated rings. The van der Waals surface area contributed by atoms with Crippen molar-refractivity contribution in [1.82, 2.24) is 4.90 Å². The Morgan fingerprint density at radius 1 is 1.52 bits per heavy atom. The van der Waals surface area contributed by atoms with Crippen molar-refractivity contribution in [2.24, 2.45) is 5.92 Å². The van der Waals surface area contributed by atoms with Gasteiger partial charge in [0.15, 0.2) is 0 Å². The Hall–Kier alpha value is -1.44. The average molecular weight is 349 g/mol. The summed E-state index contributed by atoms with van der Waals surface area (Å²) in [7, 11) is 0. The number of carbonyl (C=O) groups is 1. The molecular weight excluding hydrogens is 330 g/mol. The van der Waals surface area contributed by atoms with Crippen molar-refractivity contribution in [3.63, 3.8) is 0 Å². The fourth-order valence-corrected chi connectivity index (χ4v) is 2.84. The van der Waals surface area contributed by atoms with E-state index < -0.39 is 6.61 Å². The van der Waals surface area contributed by atoms with E-state index in [4.69, 9.17) is 11.6 Å². The number of ether oxygens (including phenoxy) is 1. The van der Waals surface area contributed by atoms with Crippen LogP contribution in [-0.2, 0) is 4.79 Å². The number of nitrogens with zero attached hydrogens (tertiary/aromatic N) is 1. The number of aliphatic hydroxyl groups is 1. The molecule has 1 aromatic carbocycles. The molecule has 1 aromatic rings. The van der Waals surface area contributed by atoms with Gasteiger partial charge in [-0.25, -0.2) is 0 Å². The first-order chi connectivity index (χ1) is 11.0. The predicted octanol–water partition coefficient (Wildman–Crippen LogP) is 2.58. The maximum Gasteiger partial charge on any atom is 0.387 e. The van der Waals surface area contributed by atoms with Crippen molar-refractivity contribution in [3.8, 4) is 5.75 Å². The summed E-state index contributed by atoms with van der Waals surface area (Å²) in [6.45, 7) is -1.12. The first-order valence-corrected chi connectivity index (χ1v) is 7.73. The molecule has 1 aliphatic heterocycles. The number of likely N-dealkylation sites (tertiary alicyclic amines) is 1. The number of nitrogens with one attached hydrogen (secondary N) is 1. The maximum absolute atomic E-state index is 12.2. The highest BCUT2D eigenvalue weighted by Crippen LogP contribution is 2.29. The summed E-state index contributed by atoms with van der Waals surface area (Å²) in [4.78, 5) is 14.0. The molecule has 0 spiro atoms. The molecule has 0 radical (unpaired) electrons. The first-order valence-electron chi connectivity index (χ1n) is 7.35. The molecular formula is C15H19ClF2N2O3. The van der Waals surface area contributed by atoms with Gasteiger partial charge in [-0.3, -0.25) is 9.69 Å². The predicted molar refractivity (Wildman–Crippen MR) is 83.0 cm³/mol. The van der Waals surface area contributed by atoms with Gasteiger partial charge in [0.2, 0.25) is 5.91 Å². The number of hydrogen-bond acceptors (Lipinski definition) is 4. The van der Waals surface area contributed by atoms with Gasteiger partial charge in [0.25, 0.3) is 0 Å². The number of halogens is 3. The molecule has 0 saturated carbocycles. The maximum atomic E-state index is 12.2. The third kappa shape index (κ3) is 5.60. The molecule has 1 aliphatic rings. The number of hydrogen-bond donors (Lipinski definition) is 2. The summed E-state index contributed by atoms with van der Waals surface area (Å²) in [5, 5.41) is 11.9. The molecule has 0 aliphatic carbocycles. The lowest BCUT2D eigenvalue weighted by Crippen LogP contribution is -2.41. The van der Waals surface area contributed by atoms with Crippen LogP contribution in [0.25, 0.3) is 0 Å². The van der Waals surface area contributed by atoms with Crippen LogP contribution in [-0.4, -0.2) is 48.8 Å². The van der Waals surface area contributed by atoms with Crippen LogP contribution in [0.2, 0.25) is 5.02 Å². The van der Waals surface area contributed by atoms with Crippen molar-refractivity contribution in [1.29, 1.82) is 0 Å². The minimum Gasteiger partial charge on any atom is -0.433 e. The summed E-state index contributed by atoms with van der Waals surface area (Å²) < 4.78 is 28.6. The highest BCUT2D eigenvalue weighted by Gasteiger charge is 2.21. The monoisotopic (exact) mass is 348 g/mol. The zero-order valence-electron chi connectivity index (χ0n) is 12.5. The van der Waals surface area contributed by atoms with E-state index in [0.29, 0.717) is 12.2 Å². The van der Waals surface area contributed by atoms with Crippen LogP contribution in [0.5, 0.6) is 5.75 Å². The summed E-state index contributed by atoms with van der Waals surface area (Å²) >= 11 is 5.84. The van der Waals surface area contributed by atoms with Gasteiger partial charge in [-0.2, -0.15) is 8.78 Å². The smallest absolute Gasteiger partial charge is 0.387 e. The van der Waals surface area contributed by atoms with Gasteiger partial charge in [-0.1, -0.05) is 11.6 Å². The van der Waals surface area contributed by atoms with Crippen LogP contribution in [0.3, 0.4) is 0 Å². The quantitative estimate of drug-likeness (QED) is 0.829. The van der Waals surface area contributed by atoms with Gasteiger partial charge >= 0.3 is 6.61 Å². The molecule has 2 N–H and O–H groups in total. The molecule has 1 atom stereocenters. The normalized spacial score (nSPS) is 18.9. The second kappa shape index (κ2) is 8.42. The Kier molecular flexibility index (Phi) is 6.56. The molecule has 128 valence electrons. The molecule has 1 amide bonds. The number of piperidine rings is 1. The molecule has 2 rings (SSSR count). The number of rotatable bonds is 6. The number of aliphatic hydroxyl groups excluding tert-OH is 1. The van der Waals surface area contributed by atoms with Gasteiger partial charge in [0.05, 0.1) is 11.6 Å². The number of benzene rings is 1. The van der Waals surface area contributed by atoms with Crippen LogP contribution in [0, 0.1) is 5.92 Å². The van der Waals surface area contributed by atoms with E-state index in [9.17, 15) is 18.7 Å². The Bertz CT molecular complexity index is 545. The standard InChI is InChI=1S/C15H19ClF2N2O3/c16-12-6-11(3-4-13(12)23-15(17)18)19-14(22)8-20-5-1-2-10(7-20)9-21/h3-4,6,10,15,21H,1-2,5,7-9H2,(H,19,22). The van der Waals surface area contributed by atoms with Crippen LogP contribution >= 0.6 is 11.6 Å². The molecule has 5 nitrogen and oxygen atoms in total. The second-order valence-corrected chi connectivity index (χ2v) is 5.91. The van der Waals surface area contributed by atoms with Crippen LogP contribution in [0.15, 0.2) is 18.2 Å². The zero-order valence-corrected chi connectivity index (χ0v) is 13.2. The van der Waals surface area contributed by atoms with E-state index in [1.807, 2.05) is 4.90 Å². The molecule has 0 aromatic heterocycles. The van der Waals surface area contributed by atoms with Crippen molar-refractivity contribution >= 4 is 23.2 Å². The molecule has 1 heterocycles. The molecule has 1 unspecified atom stereocenters. The Morgan fingerprint density at radius 2 is 2.30 bits per heavy atom. The fourth-order valence-electron chi connectivity index (χ4n) is 2.62. The Morgan fingerprint density at radius 3 is 2.96 bits per heavy atom. The third-order valence-electron chi connectivity index (χ3n) is 3.66.